The van der Waals surface area contributed by atoms with E-state index in [4.69, 9.17) is 0 Å². The van der Waals surface area contributed by atoms with Gasteiger partial charge in [-0.05, 0) is 43.2 Å². The molecule has 26 heavy (non-hydrogen) atoms. The van der Waals surface area contributed by atoms with Crippen molar-refractivity contribution in [2.24, 2.45) is 0 Å². The Balaban J connectivity index is 2.19. The number of anilines is 1. The first-order chi connectivity index (χ1) is 12.5. The highest BCUT2D eigenvalue weighted by Gasteiger charge is 2.17. The van der Waals surface area contributed by atoms with Crippen molar-refractivity contribution in [1.82, 2.24) is 4.90 Å². The normalized spacial score (nSPS) is 10.5. The monoisotopic (exact) mass is 360 g/mol. The zero-order valence-electron chi connectivity index (χ0n) is 14.9. The number of benzene rings is 2. The molecular formula is C20H22F2N2O2. The standard InChI is InChI=1S/C20H22F2N2O2/c1-3-10-24(11-4-2)20(26)15-7-5-6-14(12-15)19(25)23-18-9-8-16(21)13-17(18)22/h5-9,12-13H,3-4,10-11H2,1-2H3,(H,23,25). The highest BCUT2D eigenvalue weighted by molar-refractivity contribution is 6.06. The van der Waals surface area contributed by atoms with Crippen LogP contribution in [-0.2, 0) is 0 Å². The Morgan fingerprint density at radius 3 is 2.23 bits per heavy atom. The first-order valence-corrected chi connectivity index (χ1v) is 8.62. The Labute approximate surface area is 151 Å². The third-order valence-corrected chi connectivity index (χ3v) is 3.83. The fourth-order valence-corrected chi connectivity index (χ4v) is 2.62. The summed E-state index contributed by atoms with van der Waals surface area (Å²) >= 11 is 0. The quantitative estimate of drug-likeness (QED) is 0.791. The molecule has 4 nitrogen and oxygen atoms in total. The summed E-state index contributed by atoms with van der Waals surface area (Å²) in [6, 6.07) is 9.20. The van der Waals surface area contributed by atoms with Crippen molar-refractivity contribution in [2.75, 3.05) is 18.4 Å². The van der Waals surface area contributed by atoms with Gasteiger partial charge < -0.3 is 10.2 Å². The van der Waals surface area contributed by atoms with Gasteiger partial charge >= 0.3 is 0 Å². The Hall–Kier alpha value is -2.76. The van der Waals surface area contributed by atoms with E-state index < -0.39 is 17.5 Å². The zero-order chi connectivity index (χ0) is 19.1. The summed E-state index contributed by atoms with van der Waals surface area (Å²) in [5, 5.41) is 2.39. The summed E-state index contributed by atoms with van der Waals surface area (Å²) < 4.78 is 26.6. The molecule has 0 aliphatic heterocycles. The number of hydrogen-bond acceptors (Lipinski definition) is 2. The van der Waals surface area contributed by atoms with Crippen molar-refractivity contribution < 1.29 is 18.4 Å². The Morgan fingerprint density at radius 2 is 1.62 bits per heavy atom. The van der Waals surface area contributed by atoms with E-state index in [0.717, 1.165) is 25.0 Å². The van der Waals surface area contributed by atoms with E-state index in [1.807, 2.05) is 13.8 Å². The molecule has 0 radical (unpaired) electrons. The second kappa shape index (κ2) is 9.08. The maximum absolute atomic E-state index is 13.7. The molecule has 0 saturated carbocycles. The maximum Gasteiger partial charge on any atom is 0.255 e. The van der Waals surface area contributed by atoms with E-state index in [2.05, 4.69) is 5.32 Å². The van der Waals surface area contributed by atoms with E-state index >= 15 is 0 Å². The summed E-state index contributed by atoms with van der Waals surface area (Å²) in [7, 11) is 0. The zero-order valence-corrected chi connectivity index (χ0v) is 14.9. The SMILES string of the molecule is CCCN(CCC)C(=O)c1cccc(C(=O)Nc2ccc(F)cc2F)c1. The van der Waals surface area contributed by atoms with Crippen molar-refractivity contribution in [3.05, 3.63) is 65.2 Å². The minimum Gasteiger partial charge on any atom is -0.339 e. The fourth-order valence-electron chi connectivity index (χ4n) is 2.62. The van der Waals surface area contributed by atoms with Crippen LogP contribution in [-0.4, -0.2) is 29.8 Å². The summed E-state index contributed by atoms with van der Waals surface area (Å²) in [4.78, 5) is 26.7. The molecule has 2 aromatic carbocycles. The second-order valence-corrected chi connectivity index (χ2v) is 5.95. The van der Waals surface area contributed by atoms with Gasteiger partial charge in [0.1, 0.15) is 11.6 Å². The Kier molecular flexibility index (Phi) is 6.83. The third kappa shape index (κ3) is 4.88. The highest BCUT2D eigenvalue weighted by Crippen LogP contribution is 2.17. The van der Waals surface area contributed by atoms with Crippen LogP contribution < -0.4 is 5.32 Å². The molecule has 0 aliphatic rings. The molecule has 0 atom stereocenters. The Bertz CT molecular complexity index is 787. The van der Waals surface area contributed by atoms with Gasteiger partial charge in [-0.15, -0.1) is 0 Å². The highest BCUT2D eigenvalue weighted by atomic mass is 19.1. The van der Waals surface area contributed by atoms with Crippen molar-refractivity contribution in [3.8, 4) is 0 Å². The van der Waals surface area contributed by atoms with E-state index in [-0.39, 0.29) is 17.2 Å². The van der Waals surface area contributed by atoms with E-state index in [9.17, 15) is 18.4 Å². The van der Waals surface area contributed by atoms with Crippen LogP contribution in [0.1, 0.15) is 47.4 Å². The lowest BCUT2D eigenvalue weighted by Crippen LogP contribution is -2.32. The van der Waals surface area contributed by atoms with Gasteiger partial charge in [0.2, 0.25) is 0 Å². The van der Waals surface area contributed by atoms with Crippen LogP contribution in [0.2, 0.25) is 0 Å². The molecule has 2 rings (SSSR count). The first-order valence-electron chi connectivity index (χ1n) is 8.62. The molecule has 6 heteroatoms. The van der Waals surface area contributed by atoms with Gasteiger partial charge in [0.15, 0.2) is 0 Å². The van der Waals surface area contributed by atoms with Gasteiger partial charge in [0, 0.05) is 30.3 Å². The summed E-state index contributed by atoms with van der Waals surface area (Å²) in [5.41, 5.74) is 0.512. The van der Waals surface area contributed by atoms with Gasteiger partial charge in [0.05, 0.1) is 5.69 Å². The predicted molar refractivity (Wildman–Crippen MR) is 97.2 cm³/mol. The largest absolute Gasteiger partial charge is 0.339 e. The molecule has 0 aromatic heterocycles. The van der Waals surface area contributed by atoms with E-state index in [1.165, 1.54) is 12.1 Å². The lowest BCUT2D eigenvalue weighted by molar-refractivity contribution is 0.0755. The Morgan fingerprint density at radius 1 is 0.962 bits per heavy atom. The van der Waals surface area contributed by atoms with Crippen LogP contribution in [0.3, 0.4) is 0 Å². The van der Waals surface area contributed by atoms with E-state index in [0.29, 0.717) is 24.7 Å². The molecule has 2 amide bonds. The molecule has 2 aromatic rings. The molecule has 0 spiro atoms. The lowest BCUT2D eigenvalue weighted by atomic mass is 10.1. The summed E-state index contributed by atoms with van der Waals surface area (Å²) in [6.07, 6.45) is 1.69. The summed E-state index contributed by atoms with van der Waals surface area (Å²) in [5.74, 6) is -2.29. The van der Waals surface area contributed by atoms with Crippen LogP contribution in [0.4, 0.5) is 14.5 Å². The number of hydrogen-bond donors (Lipinski definition) is 1. The van der Waals surface area contributed by atoms with Gasteiger partial charge in [-0.25, -0.2) is 8.78 Å². The van der Waals surface area contributed by atoms with Crippen molar-refractivity contribution in [1.29, 1.82) is 0 Å². The number of halogens is 2. The number of amides is 2. The molecule has 138 valence electrons. The molecule has 0 saturated heterocycles. The van der Waals surface area contributed by atoms with Crippen LogP contribution >= 0.6 is 0 Å². The lowest BCUT2D eigenvalue weighted by Gasteiger charge is -2.21. The average Bonchev–Trinajstić information content (AvgIpc) is 2.63. The van der Waals surface area contributed by atoms with Gasteiger partial charge in [-0.3, -0.25) is 9.59 Å². The minimum absolute atomic E-state index is 0.119. The topological polar surface area (TPSA) is 49.4 Å². The number of carbonyl (C=O) groups excluding carboxylic acids is 2. The maximum atomic E-state index is 13.7. The van der Waals surface area contributed by atoms with Gasteiger partial charge in [-0.2, -0.15) is 0 Å². The van der Waals surface area contributed by atoms with Crippen molar-refractivity contribution >= 4 is 17.5 Å². The number of nitrogens with one attached hydrogen (secondary N) is 1. The van der Waals surface area contributed by atoms with Crippen LogP contribution in [0.5, 0.6) is 0 Å². The minimum atomic E-state index is -0.859. The average molecular weight is 360 g/mol. The number of rotatable bonds is 7. The smallest absolute Gasteiger partial charge is 0.255 e. The second-order valence-electron chi connectivity index (χ2n) is 5.95. The van der Waals surface area contributed by atoms with Gasteiger partial charge in [-0.1, -0.05) is 19.9 Å². The van der Waals surface area contributed by atoms with E-state index in [1.54, 1.807) is 17.0 Å². The summed E-state index contributed by atoms with van der Waals surface area (Å²) in [6.45, 7) is 5.28. The van der Waals surface area contributed by atoms with Crippen LogP contribution in [0, 0.1) is 11.6 Å². The molecule has 0 fully saturated rings. The first kappa shape index (κ1) is 19.6. The number of carbonyl (C=O) groups is 2. The van der Waals surface area contributed by atoms with Crippen molar-refractivity contribution in [3.63, 3.8) is 0 Å². The van der Waals surface area contributed by atoms with Crippen molar-refractivity contribution in [2.45, 2.75) is 26.7 Å². The molecule has 0 bridgehead atoms. The fraction of sp³-hybridized carbons (Fsp3) is 0.300. The molecule has 0 heterocycles. The van der Waals surface area contributed by atoms with Crippen LogP contribution in [0.25, 0.3) is 0 Å². The predicted octanol–water partition coefficient (Wildman–Crippen LogP) is 4.48. The van der Waals surface area contributed by atoms with Gasteiger partial charge in [0.25, 0.3) is 11.8 Å². The molecule has 0 aliphatic carbocycles. The molecule has 0 unspecified atom stereocenters. The molecular weight excluding hydrogens is 338 g/mol. The third-order valence-electron chi connectivity index (χ3n) is 3.83. The number of nitrogens with zero attached hydrogens (tertiary/aromatic N) is 1. The van der Waals surface area contributed by atoms with Crippen LogP contribution in [0.15, 0.2) is 42.5 Å². The molecule has 1 N–H and O–H groups in total.